The molecule has 7 nitrogen and oxygen atoms in total. The van der Waals surface area contributed by atoms with Crippen molar-refractivity contribution in [3.05, 3.63) is 0 Å². The lowest BCUT2D eigenvalue weighted by Crippen LogP contribution is -2.52. The van der Waals surface area contributed by atoms with Gasteiger partial charge in [-0.2, -0.15) is 0 Å². The quantitative estimate of drug-likeness (QED) is 0.677. The Morgan fingerprint density at radius 2 is 1.76 bits per heavy atom. The number of hydrogen-bond donors (Lipinski definition) is 3. The number of primary amides is 1. The van der Waals surface area contributed by atoms with Crippen LogP contribution in [-0.2, 0) is 9.59 Å². The molecule has 0 aromatic rings. The molecule has 3 amide bonds. The Kier molecular flexibility index (Phi) is 5.99. The molecule has 0 saturated carbocycles. The molecule has 120 valence electrons. The highest BCUT2D eigenvalue weighted by molar-refractivity contribution is 5.87. The molecule has 1 unspecified atom stereocenters. The zero-order chi connectivity index (χ0) is 16.0. The van der Waals surface area contributed by atoms with Gasteiger partial charge in [0, 0.05) is 13.1 Å². The third-order valence-electron chi connectivity index (χ3n) is 4.61. The molecule has 21 heavy (non-hydrogen) atoms. The van der Waals surface area contributed by atoms with Gasteiger partial charge in [-0.25, -0.2) is 9.59 Å². The summed E-state index contributed by atoms with van der Waals surface area (Å²) in [5, 5.41) is 11.4. The Bertz CT molecular complexity index is 397. The molecule has 0 radical (unpaired) electrons. The molecular weight excluding hydrogens is 274 g/mol. The van der Waals surface area contributed by atoms with Gasteiger partial charge in [-0.3, -0.25) is 4.79 Å². The van der Waals surface area contributed by atoms with Crippen LogP contribution in [0.5, 0.6) is 0 Å². The number of rotatable bonds is 6. The second kappa shape index (κ2) is 7.28. The fourth-order valence-electron chi connectivity index (χ4n) is 2.78. The van der Waals surface area contributed by atoms with Crippen LogP contribution in [0.3, 0.4) is 0 Å². The van der Waals surface area contributed by atoms with Crippen LogP contribution in [-0.4, -0.2) is 47.0 Å². The van der Waals surface area contributed by atoms with Gasteiger partial charge in [0.2, 0.25) is 5.91 Å². The number of nitrogens with two attached hydrogens (primary N) is 1. The number of nitrogens with one attached hydrogen (secondary N) is 1. The van der Waals surface area contributed by atoms with Crippen LogP contribution in [0.4, 0.5) is 4.79 Å². The van der Waals surface area contributed by atoms with Crippen molar-refractivity contribution in [2.24, 2.45) is 11.1 Å². The van der Waals surface area contributed by atoms with Gasteiger partial charge in [-0.05, 0) is 18.3 Å². The molecule has 4 N–H and O–H groups in total. The topological polar surface area (TPSA) is 113 Å². The van der Waals surface area contributed by atoms with E-state index in [4.69, 9.17) is 10.8 Å². The van der Waals surface area contributed by atoms with Crippen LogP contribution in [0.25, 0.3) is 0 Å². The van der Waals surface area contributed by atoms with Crippen LogP contribution in [0.2, 0.25) is 0 Å². The molecule has 1 rings (SSSR count). The van der Waals surface area contributed by atoms with E-state index in [1.807, 2.05) is 0 Å². The average Bonchev–Trinajstić information content (AvgIpc) is 2.46. The van der Waals surface area contributed by atoms with Crippen molar-refractivity contribution in [3.63, 3.8) is 0 Å². The molecule has 0 aromatic carbocycles. The van der Waals surface area contributed by atoms with Crippen molar-refractivity contribution in [3.8, 4) is 0 Å². The Morgan fingerprint density at radius 3 is 2.14 bits per heavy atom. The first-order valence-electron chi connectivity index (χ1n) is 7.40. The number of carbonyl (C=O) groups is 3. The highest BCUT2D eigenvalue weighted by Crippen LogP contribution is 2.37. The minimum Gasteiger partial charge on any atom is -0.480 e. The molecule has 1 heterocycles. The summed E-state index contributed by atoms with van der Waals surface area (Å²) in [6, 6.07) is -1.71. The maximum Gasteiger partial charge on any atom is 0.326 e. The number of carbonyl (C=O) groups excluding carboxylic acids is 2. The number of likely N-dealkylation sites (tertiary alicyclic amines) is 1. The maximum atomic E-state index is 12.1. The third-order valence-corrected chi connectivity index (χ3v) is 4.61. The summed E-state index contributed by atoms with van der Waals surface area (Å²) >= 11 is 0. The zero-order valence-electron chi connectivity index (χ0n) is 12.7. The molecule has 1 saturated heterocycles. The van der Waals surface area contributed by atoms with E-state index in [1.54, 1.807) is 4.90 Å². The van der Waals surface area contributed by atoms with E-state index in [1.165, 1.54) is 0 Å². The van der Waals surface area contributed by atoms with E-state index in [0.29, 0.717) is 13.1 Å². The smallest absolute Gasteiger partial charge is 0.326 e. The van der Waals surface area contributed by atoms with Gasteiger partial charge in [0.1, 0.15) is 6.04 Å². The highest BCUT2D eigenvalue weighted by atomic mass is 16.4. The van der Waals surface area contributed by atoms with Crippen LogP contribution in [0.15, 0.2) is 0 Å². The Balaban J connectivity index is 2.57. The van der Waals surface area contributed by atoms with Crippen LogP contribution >= 0.6 is 0 Å². The lowest BCUT2D eigenvalue weighted by atomic mass is 9.74. The number of hydrogen-bond acceptors (Lipinski definition) is 3. The van der Waals surface area contributed by atoms with Crippen molar-refractivity contribution in [1.82, 2.24) is 10.2 Å². The van der Waals surface area contributed by atoms with Crippen LogP contribution in [0, 0.1) is 5.41 Å². The largest absolute Gasteiger partial charge is 0.480 e. The zero-order valence-corrected chi connectivity index (χ0v) is 12.7. The Morgan fingerprint density at radius 1 is 1.24 bits per heavy atom. The lowest BCUT2D eigenvalue weighted by molar-refractivity contribution is -0.141. The van der Waals surface area contributed by atoms with Gasteiger partial charge in [-0.15, -0.1) is 0 Å². The van der Waals surface area contributed by atoms with Crippen molar-refractivity contribution in [2.45, 2.75) is 52.0 Å². The first-order valence-corrected chi connectivity index (χ1v) is 7.40. The Labute approximate surface area is 124 Å². The Hall–Kier alpha value is -1.79. The summed E-state index contributed by atoms with van der Waals surface area (Å²) in [5.41, 5.74) is 5.28. The summed E-state index contributed by atoms with van der Waals surface area (Å²) in [7, 11) is 0. The van der Waals surface area contributed by atoms with Crippen LogP contribution in [0.1, 0.15) is 46.0 Å². The summed E-state index contributed by atoms with van der Waals surface area (Å²) in [6.07, 6.45) is 3.60. The summed E-state index contributed by atoms with van der Waals surface area (Å²) in [5.74, 6) is -2.01. The minimum absolute atomic E-state index is 0.288. The lowest BCUT2D eigenvalue weighted by Gasteiger charge is -2.41. The van der Waals surface area contributed by atoms with Crippen LogP contribution < -0.4 is 11.1 Å². The van der Waals surface area contributed by atoms with Gasteiger partial charge in [0.25, 0.3) is 0 Å². The fourth-order valence-corrected chi connectivity index (χ4v) is 2.78. The number of piperidine rings is 1. The molecule has 1 aliphatic heterocycles. The molecule has 0 bridgehead atoms. The van der Waals surface area contributed by atoms with E-state index < -0.39 is 30.4 Å². The maximum absolute atomic E-state index is 12.1. The van der Waals surface area contributed by atoms with E-state index in [0.717, 1.165) is 25.7 Å². The van der Waals surface area contributed by atoms with E-state index in [2.05, 4.69) is 19.2 Å². The second-order valence-corrected chi connectivity index (χ2v) is 5.70. The van der Waals surface area contributed by atoms with Crippen molar-refractivity contribution >= 4 is 17.9 Å². The predicted molar refractivity (Wildman–Crippen MR) is 77.6 cm³/mol. The average molecular weight is 299 g/mol. The number of aliphatic carboxylic acids is 1. The van der Waals surface area contributed by atoms with Gasteiger partial charge in [0.05, 0.1) is 6.42 Å². The first kappa shape index (κ1) is 17.3. The van der Waals surface area contributed by atoms with Gasteiger partial charge in [0.15, 0.2) is 0 Å². The number of urea groups is 1. The predicted octanol–water partition coefficient (Wildman–Crippen LogP) is 0.927. The highest BCUT2D eigenvalue weighted by Gasteiger charge is 2.34. The third kappa shape index (κ3) is 4.61. The number of nitrogens with zero attached hydrogens (tertiary/aromatic N) is 1. The number of amides is 3. The normalized spacial score (nSPS) is 18.9. The molecule has 1 fully saturated rings. The number of carboxylic acids is 1. The van der Waals surface area contributed by atoms with E-state index in [-0.39, 0.29) is 5.41 Å². The van der Waals surface area contributed by atoms with Crippen molar-refractivity contribution < 1.29 is 19.5 Å². The molecule has 0 aliphatic carbocycles. The molecule has 0 spiro atoms. The van der Waals surface area contributed by atoms with Crippen molar-refractivity contribution in [2.75, 3.05) is 13.1 Å². The summed E-state index contributed by atoms with van der Waals surface area (Å²) in [6.45, 7) is 5.53. The van der Waals surface area contributed by atoms with Gasteiger partial charge >= 0.3 is 12.0 Å². The fraction of sp³-hybridized carbons (Fsp3) is 0.786. The SMILES string of the molecule is CCC1(CC)CCN(C(=O)NC(CC(N)=O)C(=O)O)CC1. The van der Waals surface area contributed by atoms with Gasteiger partial charge < -0.3 is 21.1 Å². The molecule has 1 aliphatic rings. The van der Waals surface area contributed by atoms with Crippen molar-refractivity contribution in [1.29, 1.82) is 0 Å². The standard InChI is InChI=1S/C14H25N3O4/c1-3-14(4-2)5-7-17(8-6-14)13(21)16-10(12(19)20)9-11(15)18/h10H,3-9H2,1-2H3,(H2,15,18)(H,16,21)(H,19,20). The first-order chi connectivity index (χ1) is 9.83. The summed E-state index contributed by atoms with van der Waals surface area (Å²) < 4.78 is 0. The van der Waals surface area contributed by atoms with E-state index in [9.17, 15) is 14.4 Å². The van der Waals surface area contributed by atoms with Gasteiger partial charge in [-0.1, -0.05) is 26.7 Å². The second-order valence-electron chi connectivity index (χ2n) is 5.70. The molecular formula is C14H25N3O4. The summed E-state index contributed by atoms with van der Waals surface area (Å²) in [4.78, 5) is 35.5. The van der Waals surface area contributed by atoms with E-state index >= 15 is 0 Å². The molecule has 0 aromatic heterocycles. The molecule has 1 atom stereocenters. The molecule has 7 heteroatoms. The number of carboxylic acid groups (broad SMARTS) is 1. The minimum atomic E-state index is -1.26. The monoisotopic (exact) mass is 299 g/mol.